The Balaban J connectivity index is 1.40. The molecule has 2 bridgehead atoms. The van der Waals surface area contributed by atoms with Crippen molar-refractivity contribution in [2.24, 2.45) is 5.41 Å². The number of hydrogen-bond acceptors (Lipinski definition) is 7. The first-order valence-corrected chi connectivity index (χ1v) is 10.5. The van der Waals surface area contributed by atoms with Crippen LogP contribution >= 0.6 is 11.3 Å². The molecule has 4 heterocycles. The van der Waals surface area contributed by atoms with Gasteiger partial charge in [-0.3, -0.25) is 5.10 Å². The molecule has 3 fully saturated rings. The molecule has 0 spiro atoms. The van der Waals surface area contributed by atoms with Crippen LogP contribution in [0.5, 0.6) is 5.75 Å². The molecule has 2 saturated heterocycles. The molecular weight excluding hydrogens is 372 g/mol. The molecule has 3 N–H and O–H groups in total. The Morgan fingerprint density at radius 1 is 1.29 bits per heavy atom. The molecule has 3 atom stereocenters. The van der Waals surface area contributed by atoms with E-state index in [1.165, 1.54) is 24.2 Å². The number of rotatable bonds is 4. The average Bonchev–Trinajstić information content (AvgIpc) is 3.40. The number of aromatic nitrogens is 4. The van der Waals surface area contributed by atoms with Crippen LogP contribution in [0.15, 0.2) is 30.6 Å². The van der Waals surface area contributed by atoms with Gasteiger partial charge in [0.05, 0.1) is 11.8 Å². The maximum Gasteiger partial charge on any atom is 0.208 e. The predicted molar refractivity (Wildman–Crippen MR) is 111 cm³/mol. The van der Waals surface area contributed by atoms with Crippen LogP contribution in [-0.2, 0) is 0 Å². The van der Waals surface area contributed by atoms with Gasteiger partial charge in [-0.15, -0.1) is 10.2 Å². The molecular formula is C20H24N6OS. The van der Waals surface area contributed by atoms with Crippen LogP contribution in [0.2, 0.25) is 0 Å². The number of benzene rings is 1. The van der Waals surface area contributed by atoms with Gasteiger partial charge in [0.2, 0.25) is 5.13 Å². The molecule has 8 heteroatoms. The zero-order valence-electron chi connectivity index (χ0n) is 16.0. The molecule has 0 amide bonds. The monoisotopic (exact) mass is 396 g/mol. The molecule has 146 valence electrons. The highest BCUT2D eigenvalue weighted by atomic mass is 32.1. The Labute approximate surface area is 167 Å². The molecule has 7 nitrogen and oxygen atoms in total. The molecule has 1 aromatic carbocycles. The standard InChI is InChI=1S/C20H24N6OS/c1-20-6-5-14(21-11-20)8-17(20)26(2)19-25-24-18(28-19)15-4-3-12(7-16(15)27)13-9-22-23-10-13/h3-4,7,9-10,14,17,21,27H,5-6,8,11H2,1-2H3,(H,22,23)/t14?,17-,20+/m1/s1. The van der Waals surface area contributed by atoms with Gasteiger partial charge in [-0.1, -0.05) is 24.3 Å². The van der Waals surface area contributed by atoms with Gasteiger partial charge in [0.25, 0.3) is 0 Å². The Morgan fingerprint density at radius 3 is 2.86 bits per heavy atom. The van der Waals surface area contributed by atoms with E-state index in [9.17, 15) is 5.11 Å². The lowest BCUT2D eigenvalue weighted by Gasteiger charge is -2.53. The van der Waals surface area contributed by atoms with Crippen molar-refractivity contribution in [1.82, 2.24) is 25.7 Å². The van der Waals surface area contributed by atoms with Gasteiger partial charge in [-0.25, -0.2) is 0 Å². The third-order valence-electron chi connectivity index (χ3n) is 6.41. The summed E-state index contributed by atoms with van der Waals surface area (Å²) in [5.41, 5.74) is 2.83. The number of fused-ring (bicyclic) bond motifs is 3. The highest BCUT2D eigenvalue weighted by molar-refractivity contribution is 7.18. The van der Waals surface area contributed by atoms with Crippen LogP contribution in [0.25, 0.3) is 21.7 Å². The number of phenols is 1. The summed E-state index contributed by atoms with van der Waals surface area (Å²) in [5.74, 6) is 0.205. The number of nitrogens with one attached hydrogen (secondary N) is 2. The van der Waals surface area contributed by atoms with Crippen molar-refractivity contribution in [2.75, 3.05) is 18.5 Å². The van der Waals surface area contributed by atoms with Crippen molar-refractivity contribution in [3.8, 4) is 27.4 Å². The summed E-state index contributed by atoms with van der Waals surface area (Å²) in [5, 5.41) is 31.4. The number of anilines is 1. The molecule has 0 radical (unpaired) electrons. The number of aromatic hydroxyl groups is 1. The normalized spacial score (nSPS) is 26.5. The number of H-pyrrole nitrogens is 1. The SMILES string of the molecule is CN(c1nnc(-c2ccc(-c3cn[nH]c3)cc2O)s1)[C@@H]1CC2CC[C@@]1(C)CN2. The van der Waals surface area contributed by atoms with Gasteiger partial charge in [0, 0.05) is 42.9 Å². The fraction of sp³-hybridized carbons (Fsp3) is 0.450. The summed E-state index contributed by atoms with van der Waals surface area (Å²) in [6, 6.07) is 6.69. The number of hydrogen-bond donors (Lipinski definition) is 3. The minimum absolute atomic E-state index is 0.205. The summed E-state index contributed by atoms with van der Waals surface area (Å²) in [6.07, 6.45) is 7.20. The van der Waals surface area contributed by atoms with E-state index < -0.39 is 0 Å². The van der Waals surface area contributed by atoms with E-state index in [2.05, 4.69) is 44.6 Å². The Bertz CT molecular complexity index is 977. The van der Waals surface area contributed by atoms with Crippen LogP contribution < -0.4 is 10.2 Å². The van der Waals surface area contributed by atoms with Crippen LogP contribution in [0.3, 0.4) is 0 Å². The van der Waals surface area contributed by atoms with E-state index in [0.717, 1.165) is 34.2 Å². The lowest BCUT2D eigenvalue weighted by Crippen LogP contribution is -2.62. The topological polar surface area (TPSA) is 90.0 Å². The third kappa shape index (κ3) is 2.87. The van der Waals surface area contributed by atoms with E-state index in [0.29, 0.717) is 17.6 Å². The van der Waals surface area contributed by atoms with Crippen molar-refractivity contribution < 1.29 is 5.11 Å². The highest BCUT2D eigenvalue weighted by Crippen LogP contribution is 2.44. The highest BCUT2D eigenvalue weighted by Gasteiger charge is 2.46. The van der Waals surface area contributed by atoms with Crippen molar-refractivity contribution in [3.63, 3.8) is 0 Å². The second-order valence-corrected chi connectivity index (χ2v) is 9.20. The Kier molecular flexibility index (Phi) is 4.13. The van der Waals surface area contributed by atoms with E-state index in [-0.39, 0.29) is 11.2 Å². The van der Waals surface area contributed by atoms with Crippen molar-refractivity contribution in [1.29, 1.82) is 0 Å². The van der Waals surface area contributed by atoms with Gasteiger partial charge in [-0.05, 0) is 37.0 Å². The first-order valence-electron chi connectivity index (χ1n) is 9.66. The summed E-state index contributed by atoms with van der Waals surface area (Å²) in [6.45, 7) is 3.44. The fourth-order valence-electron chi connectivity index (χ4n) is 4.64. The summed E-state index contributed by atoms with van der Waals surface area (Å²) in [4.78, 5) is 2.30. The fourth-order valence-corrected chi connectivity index (χ4v) is 5.53. The third-order valence-corrected chi connectivity index (χ3v) is 7.46. The first kappa shape index (κ1) is 17.6. The van der Waals surface area contributed by atoms with Crippen LogP contribution in [-0.4, -0.2) is 51.2 Å². The smallest absolute Gasteiger partial charge is 0.208 e. The second-order valence-electron chi connectivity index (χ2n) is 8.24. The number of nitrogens with zero attached hydrogens (tertiary/aromatic N) is 4. The lowest BCUT2D eigenvalue weighted by molar-refractivity contribution is 0.0843. The van der Waals surface area contributed by atoms with E-state index in [1.54, 1.807) is 18.5 Å². The second kappa shape index (κ2) is 6.56. The van der Waals surface area contributed by atoms with Crippen molar-refractivity contribution in [2.45, 2.75) is 38.3 Å². The lowest BCUT2D eigenvalue weighted by atomic mass is 9.66. The van der Waals surface area contributed by atoms with Crippen LogP contribution in [0.4, 0.5) is 5.13 Å². The number of aromatic amines is 1. The van der Waals surface area contributed by atoms with Crippen molar-refractivity contribution >= 4 is 16.5 Å². The molecule has 1 saturated carbocycles. The Hall–Kier alpha value is -2.45. The maximum absolute atomic E-state index is 10.6. The molecule has 1 aliphatic carbocycles. The largest absolute Gasteiger partial charge is 0.507 e. The average molecular weight is 397 g/mol. The summed E-state index contributed by atoms with van der Waals surface area (Å²) >= 11 is 1.54. The molecule has 1 unspecified atom stereocenters. The van der Waals surface area contributed by atoms with E-state index >= 15 is 0 Å². The molecule has 3 aromatic rings. The van der Waals surface area contributed by atoms with Crippen molar-refractivity contribution in [3.05, 3.63) is 30.6 Å². The number of phenolic OH excluding ortho intramolecular Hbond substituents is 1. The zero-order valence-corrected chi connectivity index (χ0v) is 16.8. The molecule has 2 aromatic heterocycles. The van der Waals surface area contributed by atoms with E-state index in [1.807, 2.05) is 12.1 Å². The quantitative estimate of drug-likeness (QED) is 0.627. The van der Waals surface area contributed by atoms with Gasteiger partial charge in [0.15, 0.2) is 5.01 Å². The van der Waals surface area contributed by atoms with Gasteiger partial charge in [0.1, 0.15) is 5.75 Å². The molecule has 3 aliphatic rings. The van der Waals surface area contributed by atoms with Gasteiger partial charge in [-0.2, -0.15) is 5.10 Å². The van der Waals surface area contributed by atoms with Crippen LogP contribution in [0.1, 0.15) is 26.2 Å². The maximum atomic E-state index is 10.6. The summed E-state index contributed by atoms with van der Waals surface area (Å²) in [7, 11) is 2.13. The van der Waals surface area contributed by atoms with Crippen LogP contribution in [0, 0.1) is 5.41 Å². The van der Waals surface area contributed by atoms with Gasteiger partial charge >= 0.3 is 0 Å². The number of piperidine rings is 2. The summed E-state index contributed by atoms with van der Waals surface area (Å²) < 4.78 is 0. The molecule has 28 heavy (non-hydrogen) atoms. The minimum Gasteiger partial charge on any atom is -0.507 e. The van der Waals surface area contributed by atoms with Gasteiger partial charge < -0.3 is 15.3 Å². The Morgan fingerprint density at radius 2 is 2.18 bits per heavy atom. The zero-order chi connectivity index (χ0) is 19.3. The molecule has 6 rings (SSSR count). The molecule has 2 aliphatic heterocycles. The first-order chi connectivity index (χ1) is 13.5. The van der Waals surface area contributed by atoms with E-state index in [4.69, 9.17) is 0 Å². The predicted octanol–water partition coefficient (Wildman–Crippen LogP) is 3.27. The minimum atomic E-state index is 0.205.